The monoisotopic (exact) mass is 411 g/mol. The number of aryl methyl sites for hydroxylation is 1. The highest BCUT2D eigenvalue weighted by molar-refractivity contribution is 9.10. The number of amides is 2. The Morgan fingerprint density at radius 1 is 1.31 bits per heavy atom. The van der Waals surface area contributed by atoms with Gasteiger partial charge in [-0.25, -0.2) is 5.43 Å². The second kappa shape index (κ2) is 6.42. The minimum atomic E-state index is -0.387. The van der Waals surface area contributed by atoms with Crippen LogP contribution >= 0.6 is 15.9 Å². The maximum atomic E-state index is 12.6. The minimum absolute atomic E-state index is 0.106. The van der Waals surface area contributed by atoms with Crippen LogP contribution in [0.25, 0.3) is 10.8 Å². The van der Waals surface area contributed by atoms with Gasteiger partial charge in [-0.15, -0.1) is 0 Å². The summed E-state index contributed by atoms with van der Waals surface area (Å²) >= 11 is 3.34. The number of anilines is 1. The molecule has 0 atom stereocenters. The Morgan fingerprint density at radius 2 is 2.08 bits per heavy atom. The summed E-state index contributed by atoms with van der Waals surface area (Å²) in [5.74, 6) is 0.679. The Bertz CT molecular complexity index is 1050. The molecule has 1 aromatic heterocycles. The van der Waals surface area contributed by atoms with E-state index in [9.17, 15) is 9.59 Å². The maximum absolute atomic E-state index is 12.6. The van der Waals surface area contributed by atoms with Crippen molar-refractivity contribution in [2.45, 2.75) is 6.92 Å². The smallest absolute Gasteiger partial charge is 0.260 e. The molecule has 2 aromatic carbocycles. The number of hydrazone groups is 1. The Hall–Kier alpha value is -2.93. The number of nitrogens with zero attached hydrogens (tertiary/aromatic N) is 2. The average Bonchev–Trinajstić information content (AvgIpc) is 3.08. The van der Waals surface area contributed by atoms with Crippen molar-refractivity contribution in [2.24, 2.45) is 5.10 Å². The van der Waals surface area contributed by atoms with E-state index in [4.69, 9.17) is 4.42 Å². The number of nitrogens with one attached hydrogen (secondary N) is 1. The lowest BCUT2D eigenvalue weighted by Crippen LogP contribution is -2.37. The lowest BCUT2D eigenvalue weighted by atomic mass is 10.1. The van der Waals surface area contributed by atoms with Crippen molar-refractivity contribution < 1.29 is 14.0 Å². The van der Waals surface area contributed by atoms with Gasteiger partial charge in [0, 0.05) is 17.0 Å². The maximum Gasteiger partial charge on any atom is 0.260 e. The first kappa shape index (κ1) is 16.5. The SMILES string of the molecule is Cc1oc(/C=N\NC(=O)CN2C(=O)c3cccc4cccc2c34)cc1Br. The number of hydrogen-bond acceptors (Lipinski definition) is 4. The quantitative estimate of drug-likeness (QED) is 0.526. The van der Waals surface area contributed by atoms with Gasteiger partial charge >= 0.3 is 0 Å². The topological polar surface area (TPSA) is 74.9 Å². The Labute approximate surface area is 157 Å². The zero-order valence-corrected chi connectivity index (χ0v) is 15.4. The molecule has 3 aromatic rings. The van der Waals surface area contributed by atoms with Crippen molar-refractivity contribution in [3.8, 4) is 0 Å². The molecule has 26 heavy (non-hydrogen) atoms. The molecule has 1 aliphatic heterocycles. The van der Waals surface area contributed by atoms with Crippen LogP contribution in [0.1, 0.15) is 21.9 Å². The van der Waals surface area contributed by atoms with Gasteiger partial charge in [0.05, 0.1) is 16.4 Å². The number of rotatable bonds is 4. The molecule has 2 heterocycles. The molecule has 2 amide bonds. The Morgan fingerprint density at radius 3 is 2.81 bits per heavy atom. The fourth-order valence-electron chi connectivity index (χ4n) is 3.03. The van der Waals surface area contributed by atoms with Crippen LogP contribution in [0.5, 0.6) is 0 Å². The van der Waals surface area contributed by atoms with Crippen LogP contribution in [-0.4, -0.2) is 24.6 Å². The highest BCUT2D eigenvalue weighted by Gasteiger charge is 2.30. The summed E-state index contributed by atoms with van der Waals surface area (Å²) in [6, 6.07) is 13.0. The first-order valence-electron chi connectivity index (χ1n) is 7.96. The van der Waals surface area contributed by atoms with Crippen LogP contribution in [0, 0.1) is 6.92 Å². The fraction of sp³-hybridized carbons (Fsp3) is 0.105. The van der Waals surface area contributed by atoms with E-state index >= 15 is 0 Å². The molecule has 4 rings (SSSR count). The van der Waals surface area contributed by atoms with E-state index in [0.29, 0.717) is 11.3 Å². The summed E-state index contributed by atoms with van der Waals surface area (Å²) in [7, 11) is 0. The van der Waals surface area contributed by atoms with E-state index in [0.717, 1.165) is 26.7 Å². The average molecular weight is 412 g/mol. The summed E-state index contributed by atoms with van der Waals surface area (Å²) in [5, 5.41) is 5.75. The van der Waals surface area contributed by atoms with Gasteiger partial charge in [-0.1, -0.05) is 24.3 Å². The van der Waals surface area contributed by atoms with E-state index in [1.165, 1.54) is 11.1 Å². The summed E-state index contributed by atoms with van der Waals surface area (Å²) < 4.78 is 6.25. The zero-order chi connectivity index (χ0) is 18.3. The normalized spacial score (nSPS) is 13.2. The highest BCUT2D eigenvalue weighted by Crippen LogP contribution is 2.36. The molecule has 0 aliphatic carbocycles. The molecular formula is C19H14BrN3O3. The minimum Gasteiger partial charge on any atom is -0.459 e. The van der Waals surface area contributed by atoms with Crippen molar-refractivity contribution in [3.05, 3.63) is 64.0 Å². The zero-order valence-electron chi connectivity index (χ0n) is 13.8. The molecule has 0 bridgehead atoms. The third-order valence-corrected chi connectivity index (χ3v) is 5.00. The van der Waals surface area contributed by atoms with Crippen LogP contribution in [0.15, 0.2) is 56.5 Å². The molecule has 0 radical (unpaired) electrons. The van der Waals surface area contributed by atoms with Crippen LogP contribution in [0.3, 0.4) is 0 Å². The van der Waals surface area contributed by atoms with E-state index < -0.39 is 0 Å². The first-order chi connectivity index (χ1) is 12.5. The van der Waals surface area contributed by atoms with E-state index in [1.807, 2.05) is 37.3 Å². The summed E-state index contributed by atoms with van der Waals surface area (Å²) in [5.41, 5.74) is 3.79. The molecule has 0 fully saturated rings. The Balaban J connectivity index is 1.49. The van der Waals surface area contributed by atoms with Gasteiger partial charge in [-0.2, -0.15) is 5.10 Å². The molecule has 7 heteroatoms. The molecule has 0 unspecified atom stereocenters. The Kier molecular flexibility index (Phi) is 4.08. The van der Waals surface area contributed by atoms with Crippen LogP contribution in [0.4, 0.5) is 5.69 Å². The van der Waals surface area contributed by atoms with Crippen molar-refractivity contribution in [1.29, 1.82) is 0 Å². The van der Waals surface area contributed by atoms with Crippen LogP contribution in [0.2, 0.25) is 0 Å². The standard InChI is InChI=1S/C19H14BrN3O3/c1-11-15(20)8-13(26-11)9-21-22-17(24)10-23-16-7-3-5-12-4-2-6-14(18(12)16)19(23)25/h2-9H,10H2,1H3,(H,22,24)/b21-9-. The lowest BCUT2D eigenvalue weighted by Gasteiger charge is -2.16. The predicted molar refractivity (Wildman–Crippen MR) is 103 cm³/mol. The van der Waals surface area contributed by atoms with Crippen LogP contribution < -0.4 is 10.3 Å². The molecular weight excluding hydrogens is 398 g/mol. The summed E-state index contributed by atoms with van der Waals surface area (Å²) in [6.45, 7) is 1.71. The third-order valence-electron chi connectivity index (χ3n) is 4.21. The third kappa shape index (κ3) is 2.80. The molecule has 1 aliphatic rings. The number of halogens is 1. The summed E-state index contributed by atoms with van der Waals surface area (Å²) in [6.07, 6.45) is 1.41. The molecule has 1 N–H and O–H groups in total. The molecule has 0 saturated heterocycles. The predicted octanol–water partition coefficient (Wildman–Crippen LogP) is 3.61. The molecule has 0 spiro atoms. The molecule has 0 saturated carbocycles. The van der Waals surface area contributed by atoms with Crippen molar-refractivity contribution >= 4 is 50.4 Å². The van der Waals surface area contributed by atoms with Gasteiger partial charge in [0.15, 0.2) is 0 Å². The number of furan rings is 1. The van der Waals surface area contributed by atoms with E-state index in [1.54, 1.807) is 12.1 Å². The fourth-order valence-corrected chi connectivity index (χ4v) is 3.33. The highest BCUT2D eigenvalue weighted by atomic mass is 79.9. The summed E-state index contributed by atoms with van der Waals surface area (Å²) in [4.78, 5) is 26.3. The second-order valence-corrected chi connectivity index (χ2v) is 6.77. The molecule has 130 valence electrons. The second-order valence-electron chi connectivity index (χ2n) is 5.92. The number of carbonyl (C=O) groups is 2. The lowest BCUT2D eigenvalue weighted by molar-refractivity contribution is -0.119. The van der Waals surface area contributed by atoms with Crippen LogP contribution in [-0.2, 0) is 4.79 Å². The number of carbonyl (C=O) groups excluding carboxylic acids is 2. The van der Waals surface area contributed by atoms with Gasteiger partial charge in [-0.05, 0) is 40.4 Å². The van der Waals surface area contributed by atoms with E-state index in [2.05, 4.69) is 26.5 Å². The molecule has 6 nitrogen and oxygen atoms in total. The van der Waals surface area contributed by atoms with Gasteiger partial charge in [0.1, 0.15) is 18.1 Å². The van der Waals surface area contributed by atoms with Gasteiger partial charge < -0.3 is 4.42 Å². The number of hydrogen-bond donors (Lipinski definition) is 1. The first-order valence-corrected chi connectivity index (χ1v) is 8.75. The van der Waals surface area contributed by atoms with Crippen molar-refractivity contribution in [3.63, 3.8) is 0 Å². The largest absolute Gasteiger partial charge is 0.459 e. The van der Waals surface area contributed by atoms with Gasteiger partial charge in [-0.3, -0.25) is 14.5 Å². The van der Waals surface area contributed by atoms with E-state index in [-0.39, 0.29) is 18.4 Å². The van der Waals surface area contributed by atoms with Gasteiger partial charge in [0.25, 0.3) is 11.8 Å². The number of benzene rings is 2. The van der Waals surface area contributed by atoms with Gasteiger partial charge in [0.2, 0.25) is 0 Å². The van der Waals surface area contributed by atoms with Crippen molar-refractivity contribution in [1.82, 2.24) is 5.43 Å². The van der Waals surface area contributed by atoms with Crippen molar-refractivity contribution in [2.75, 3.05) is 11.4 Å².